The molecule has 0 aliphatic carbocycles. The van der Waals surface area contributed by atoms with Gasteiger partial charge in [0.25, 0.3) is 0 Å². The smallest absolute Gasteiger partial charge is 0.224 e. The van der Waals surface area contributed by atoms with Gasteiger partial charge < -0.3 is 10.4 Å². The second-order valence-corrected chi connectivity index (χ2v) is 4.60. The minimum Gasteiger partial charge on any atom is -0.396 e. The summed E-state index contributed by atoms with van der Waals surface area (Å²) in [7, 11) is 0. The maximum atomic E-state index is 11.5. The molecule has 0 atom stereocenters. The molecule has 0 fully saturated rings. The molecular weight excluding hydrogens is 270 g/mol. The van der Waals surface area contributed by atoms with Gasteiger partial charge in [-0.15, -0.1) is 0 Å². The number of rotatable bonds is 5. The van der Waals surface area contributed by atoms with Crippen LogP contribution in [0.25, 0.3) is 0 Å². The van der Waals surface area contributed by atoms with Crippen LogP contribution in [0.15, 0.2) is 22.7 Å². The Balaban J connectivity index is 2.49. The number of amides is 1. The Hall–Kier alpha value is -0.870. The summed E-state index contributed by atoms with van der Waals surface area (Å²) in [5, 5.41) is 11.5. The normalized spacial score (nSPS) is 10.2. The number of aliphatic hydroxyl groups is 1. The van der Waals surface area contributed by atoms with Crippen LogP contribution in [0.3, 0.4) is 0 Å². The summed E-state index contributed by atoms with van der Waals surface area (Å²) in [4.78, 5) is 11.5. The van der Waals surface area contributed by atoms with Gasteiger partial charge in [-0.25, -0.2) is 0 Å². The monoisotopic (exact) mass is 285 g/mol. The van der Waals surface area contributed by atoms with Gasteiger partial charge in [-0.2, -0.15) is 0 Å². The van der Waals surface area contributed by atoms with Gasteiger partial charge in [0.15, 0.2) is 0 Å². The highest BCUT2D eigenvalue weighted by Crippen LogP contribution is 2.20. The van der Waals surface area contributed by atoms with E-state index in [0.29, 0.717) is 12.8 Å². The zero-order valence-electron chi connectivity index (χ0n) is 9.29. The van der Waals surface area contributed by atoms with E-state index < -0.39 is 0 Å². The number of aliphatic hydroxyl groups excluding tert-OH is 1. The van der Waals surface area contributed by atoms with E-state index >= 15 is 0 Å². The van der Waals surface area contributed by atoms with Crippen molar-refractivity contribution in [2.75, 3.05) is 11.9 Å². The summed E-state index contributed by atoms with van der Waals surface area (Å²) in [6.45, 7) is 2.10. The molecule has 0 unspecified atom stereocenters. The zero-order chi connectivity index (χ0) is 12.0. The van der Waals surface area contributed by atoms with Crippen LogP contribution in [0.5, 0.6) is 0 Å². The van der Waals surface area contributed by atoms with Gasteiger partial charge in [-0.05, 0) is 43.5 Å². The molecule has 0 aliphatic rings. The van der Waals surface area contributed by atoms with Crippen molar-refractivity contribution in [2.45, 2.75) is 26.2 Å². The molecule has 1 amide bonds. The van der Waals surface area contributed by atoms with Gasteiger partial charge in [-0.3, -0.25) is 4.79 Å². The third kappa shape index (κ3) is 4.33. The lowest BCUT2D eigenvalue weighted by atomic mass is 10.2. The molecular formula is C12H16BrNO2. The highest BCUT2D eigenvalue weighted by molar-refractivity contribution is 9.10. The largest absolute Gasteiger partial charge is 0.396 e. The number of halogens is 1. The second kappa shape index (κ2) is 6.66. The van der Waals surface area contributed by atoms with Crippen LogP contribution in [0.2, 0.25) is 0 Å². The van der Waals surface area contributed by atoms with Crippen molar-refractivity contribution < 1.29 is 9.90 Å². The number of hydrogen-bond donors (Lipinski definition) is 2. The first kappa shape index (κ1) is 13.2. The Morgan fingerprint density at radius 2 is 2.19 bits per heavy atom. The number of benzene rings is 1. The summed E-state index contributed by atoms with van der Waals surface area (Å²) < 4.78 is 1.00. The number of unbranched alkanes of at least 4 members (excludes halogenated alkanes) is 1. The number of carbonyl (C=O) groups is 1. The Kier molecular flexibility index (Phi) is 5.49. The Bertz CT molecular complexity index is 366. The van der Waals surface area contributed by atoms with Crippen LogP contribution in [0.1, 0.15) is 24.8 Å². The molecule has 88 valence electrons. The van der Waals surface area contributed by atoms with Crippen molar-refractivity contribution in [3.63, 3.8) is 0 Å². The van der Waals surface area contributed by atoms with E-state index in [0.717, 1.165) is 22.1 Å². The lowest BCUT2D eigenvalue weighted by molar-refractivity contribution is -0.116. The SMILES string of the molecule is Cc1cc(Br)ccc1NC(=O)CCCCO. The van der Waals surface area contributed by atoms with Crippen molar-refractivity contribution >= 4 is 27.5 Å². The summed E-state index contributed by atoms with van der Waals surface area (Å²) in [5.74, 6) is -0.00104. The van der Waals surface area contributed by atoms with E-state index in [1.807, 2.05) is 25.1 Å². The van der Waals surface area contributed by atoms with Crippen LogP contribution in [-0.2, 0) is 4.79 Å². The predicted octanol–water partition coefficient (Wildman–Crippen LogP) is 2.86. The predicted molar refractivity (Wildman–Crippen MR) is 68.4 cm³/mol. The number of aryl methyl sites for hydroxylation is 1. The Labute approximate surface area is 104 Å². The second-order valence-electron chi connectivity index (χ2n) is 3.69. The fraction of sp³-hybridized carbons (Fsp3) is 0.417. The molecule has 0 aromatic heterocycles. The first-order valence-corrected chi connectivity index (χ1v) is 6.09. The maximum absolute atomic E-state index is 11.5. The van der Waals surface area contributed by atoms with Crippen LogP contribution < -0.4 is 5.32 Å². The number of hydrogen-bond acceptors (Lipinski definition) is 2. The van der Waals surface area contributed by atoms with E-state index in [2.05, 4.69) is 21.2 Å². The standard InChI is InChI=1S/C12H16BrNO2/c1-9-8-10(13)5-6-11(9)14-12(16)4-2-3-7-15/h5-6,8,15H,2-4,7H2,1H3,(H,14,16). The molecule has 1 aromatic carbocycles. The van der Waals surface area contributed by atoms with Crippen LogP contribution >= 0.6 is 15.9 Å². The maximum Gasteiger partial charge on any atom is 0.224 e. The highest BCUT2D eigenvalue weighted by atomic mass is 79.9. The van der Waals surface area contributed by atoms with Gasteiger partial charge in [0.2, 0.25) is 5.91 Å². The summed E-state index contributed by atoms with van der Waals surface area (Å²) in [6.07, 6.45) is 1.85. The average Bonchev–Trinajstić information content (AvgIpc) is 2.23. The van der Waals surface area contributed by atoms with Crippen LogP contribution in [0, 0.1) is 6.92 Å². The molecule has 3 nitrogen and oxygen atoms in total. The van der Waals surface area contributed by atoms with Crippen molar-refractivity contribution in [2.24, 2.45) is 0 Å². The molecule has 0 aliphatic heterocycles. The molecule has 1 aromatic rings. The van der Waals surface area contributed by atoms with Crippen LogP contribution in [0.4, 0.5) is 5.69 Å². The molecule has 0 heterocycles. The van der Waals surface area contributed by atoms with Crippen molar-refractivity contribution in [3.05, 3.63) is 28.2 Å². The molecule has 2 N–H and O–H groups in total. The van der Waals surface area contributed by atoms with Gasteiger partial charge in [0.1, 0.15) is 0 Å². The minimum absolute atomic E-state index is 0.00104. The minimum atomic E-state index is -0.00104. The summed E-state index contributed by atoms with van der Waals surface area (Å²) in [6, 6.07) is 5.74. The molecule has 0 saturated heterocycles. The topological polar surface area (TPSA) is 49.3 Å². The van der Waals surface area contributed by atoms with E-state index in [-0.39, 0.29) is 12.5 Å². The van der Waals surface area contributed by atoms with Crippen molar-refractivity contribution in [1.29, 1.82) is 0 Å². The molecule has 1 rings (SSSR count). The van der Waals surface area contributed by atoms with Crippen molar-refractivity contribution in [1.82, 2.24) is 0 Å². The summed E-state index contributed by atoms with van der Waals surface area (Å²) in [5.41, 5.74) is 1.88. The lowest BCUT2D eigenvalue weighted by Crippen LogP contribution is -2.12. The molecule has 0 bridgehead atoms. The number of nitrogens with one attached hydrogen (secondary N) is 1. The van der Waals surface area contributed by atoms with Gasteiger partial charge in [0.05, 0.1) is 0 Å². The average molecular weight is 286 g/mol. The molecule has 0 radical (unpaired) electrons. The fourth-order valence-electron chi connectivity index (χ4n) is 1.38. The fourth-order valence-corrected chi connectivity index (χ4v) is 1.85. The van der Waals surface area contributed by atoms with E-state index in [1.165, 1.54) is 0 Å². The first-order valence-electron chi connectivity index (χ1n) is 5.30. The van der Waals surface area contributed by atoms with E-state index in [1.54, 1.807) is 0 Å². The van der Waals surface area contributed by atoms with E-state index in [4.69, 9.17) is 5.11 Å². The molecule has 4 heteroatoms. The third-order valence-electron chi connectivity index (χ3n) is 2.27. The Morgan fingerprint density at radius 3 is 2.81 bits per heavy atom. The molecule has 0 spiro atoms. The first-order chi connectivity index (χ1) is 7.63. The van der Waals surface area contributed by atoms with E-state index in [9.17, 15) is 4.79 Å². The summed E-state index contributed by atoms with van der Waals surface area (Å²) >= 11 is 3.37. The van der Waals surface area contributed by atoms with Gasteiger partial charge in [-0.1, -0.05) is 15.9 Å². The van der Waals surface area contributed by atoms with Crippen LogP contribution in [-0.4, -0.2) is 17.6 Å². The van der Waals surface area contributed by atoms with Gasteiger partial charge in [0, 0.05) is 23.2 Å². The highest BCUT2D eigenvalue weighted by Gasteiger charge is 2.04. The zero-order valence-corrected chi connectivity index (χ0v) is 10.9. The quantitative estimate of drug-likeness (QED) is 0.818. The van der Waals surface area contributed by atoms with Gasteiger partial charge >= 0.3 is 0 Å². The molecule has 0 saturated carbocycles. The van der Waals surface area contributed by atoms with Crippen molar-refractivity contribution in [3.8, 4) is 0 Å². The number of anilines is 1. The lowest BCUT2D eigenvalue weighted by Gasteiger charge is -2.08. The Morgan fingerprint density at radius 1 is 1.44 bits per heavy atom. The third-order valence-corrected chi connectivity index (χ3v) is 2.77. The number of carbonyl (C=O) groups excluding carboxylic acids is 1. The molecule has 16 heavy (non-hydrogen) atoms.